The molecule has 0 bridgehead atoms. The highest BCUT2D eigenvalue weighted by atomic mass is 19.1. The molecule has 0 spiro atoms. The molecule has 4 aromatic rings. The van der Waals surface area contributed by atoms with Crippen molar-refractivity contribution in [3.63, 3.8) is 0 Å². The van der Waals surface area contributed by atoms with Crippen LogP contribution in [-0.4, -0.2) is 38.2 Å². The molecule has 1 aromatic heterocycles. The van der Waals surface area contributed by atoms with Crippen LogP contribution in [0.3, 0.4) is 0 Å². The van der Waals surface area contributed by atoms with Crippen LogP contribution >= 0.6 is 0 Å². The molecule has 0 saturated heterocycles. The van der Waals surface area contributed by atoms with Crippen molar-refractivity contribution < 1.29 is 23.3 Å². The van der Waals surface area contributed by atoms with Crippen LogP contribution in [0.4, 0.5) is 4.39 Å². The topological polar surface area (TPSA) is 54.7 Å². The van der Waals surface area contributed by atoms with E-state index >= 15 is 0 Å². The largest absolute Gasteiger partial charge is 0.493 e. The molecule has 0 aliphatic carbocycles. The van der Waals surface area contributed by atoms with Crippen molar-refractivity contribution >= 4 is 0 Å². The molecule has 170 valence electrons. The maximum Gasteiger partial charge on any atom is 0.161 e. The monoisotopic (exact) mass is 448 g/mol. The quantitative estimate of drug-likeness (QED) is 0.359. The van der Waals surface area contributed by atoms with E-state index in [9.17, 15) is 4.39 Å². The Balaban J connectivity index is 1.84. The van der Waals surface area contributed by atoms with Gasteiger partial charge in [-0.05, 0) is 48.5 Å². The Morgan fingerprint density at radius 3 is 1.88 bits per heavy atom. The Morgan fingerprint density at radius 2 is 1.27 bits per heavy atom. The minimum absolute atomic E-state index is 0.268. The van der Waals surface area contributed by atoms with Gasteiger partial charge in [0.2, 0.25) is 0 Å². The second-order valence-corrected chi connectivity index (χ2v) is 7.30. The lowest BCUT2D eigenvalue weighted by atomic mass is 10.1. The van der Waals surface area contributed by atoms with E-state index in [1.807, 2.05) is 48.5 Å². The lowest BCUT2D eigenvalue weighted by Crippen LogP contribution is -2.06. The fourth-order valence-corrected chi connectivity index (χ4v) is 3.69. The van der Waals surface area contributed by atoms with Crippen LogP contribution in [0, 0.1) is 5.82 Å². The van der Waals surface area contributed by atoms with Gasteiger partial charge in [0.05, 0.1) is 46.4 Å². The van der Waals surface area contributed by atoms with Gasteiger partial charge in [-0.3, -0.25) is 4.68 Å². The molecule has 6 nitrogen and oxygen atoms in total. The maximum atomic E-state index is 14.4. The number of aromatic nitrogens is 2. The predicted molar refractivity (Wildman–Crippen MR) is 125 cm³/mol. The highest BCUT2D eigenvalue weighted by Gasteiger charge is 2.17. The third-order valence-corrected chi connectivity index (χ3v) is 5.42. The van der Waals surface area contributed by atoms with Gasteiger partial charge < -0.3 is 18.9 Å². The molecule has 0 N–H and O–H groups in total. The van der Waals surface area contributed by atoms with Gasteiger partial charge in [-0.2, -0.15) is 5.10 Å². The third kappa shape index (κ3) is 4.48. The van der Waals surface area contributed by atoms with Gasteiger partial charge in [0, 0.05) is 16.7 Å². The molecule has 0 aliphatic rings. The van der Waals surface area contributed by atoms with E-state index < -0.39 is 0 Å². The van der Waals surface area contributed by atoms with Gasteiger partial charge in [0.25, 0.3) is 0 Å². The Morgan fingerprint density at radius 1 is 0.697 bits per heavy atom. The van der Waals surface area contributed by atoms with E-state index in [0.29, 0.717) is 28.6 Å². The number of rotatable bonds is 8. The SMILES string of the molecule is COc1ccc(-c2cc(-c3ccc(OC)c(OC)c3)n(Cc3ccccc3F)n2)cc1OC. The van der Waals surface area contributed by atoms with E-state index in [1.54, 1.807) is 45.3 Å². The highest BCUT2D eigenvalue weighted by Crippen LogP contribution is 2.36. The fraction of sp³-hybridized carbons (Fsp3) is 0.192. The van der Waals surface area contributed by atoms with Crippen LogP contribution in [0.15, 0.2) is 66.7 Å². The summed E-state index contributed by atoms with van der Waals surface area (Å²) in [5.74, 6) is 2.18. The van der Waals surface area contributed by atoms with E-state index in [-0.39, 0.29) is 12.4 Å². The van der Waals surface area contributed by atoms with Gasteiger partial charge in [-0.15, -0.1) is 0 Å². The van der Waals surface area contributed by atoms with Crippen molar-refractivity contribution in [1.29, 1.82) is 0 Å². The van der Waals surface area contributed by atoms with Crippen LogP contribution in [0.2, 0.25) is 0 Å². The smallest absolute Gasteiger partial charge is 0.161 e. The van der Waals surface area contributed by atoms with E-state index in [1.165, 1.54) is 6.07 Å². The lowest BCUT2D eigenvalue weighted by molar-refractivity contribution is 0.355. The van der Waals surface area contributed by atoms with Gasteiger partial charge in [-0.25, -0.2) is 4.39 Å². The lowest BCUT2D eigenvalue weighted by Gasteiger charge is -2.12. The van der Waals surface area contributed by atoms with Crippen LogP contribution in [-0.2, 0) is 6.54 Å². The summed E-state index contributed by atoms with van der Waals surface area (Å²) >= 11 is 0. The normalized spacial score (nSPS) is 10.7. The van der Waals surface area contributed by atoms with Gasteiger partial charge >= 0.3 is 0 Å². The Bertz CT molecular complexity index is 1270. The zero-order chi connectivity index (χ0) is 23.4. The summed E-state index contributed by atoms with van der Waals surface area (Å²) in [6.07, 6.45) is 0. The maximum absolute atomic E-state index is 14.4. The summed E-state index contributed by atoms with van der Waals surface area (Å²) in [4.78, 5) is 0. The van der Waals surface area contributed by atoms with Crippen LogP contribution in [0.1, 0.15) is 5.56 Å². The molecule has 0 unspecified atom stereocenters. The Labute approximate surface area is 192 Å². The Kier molecular flexibility index (Phi) is 6.49. The number of nitrogens with zero attached hydrogens (tertiary/aromatic N) is 2. The number of benzene rings is 3. The fourth-order valence-electron chi connectivity index (χ4n) is 3.69. The molecule has 33 heavy (non-hydrogen) atoms. The number of ether oxygens (including phenoxy) is 4. The molecular formula is C26H25FN2O4. The second kappa shape index (κ2) is 9.65. The first kappa shape index (κ1) is 22.2. The minimum Gasteiger partial charge on any atom is -0.493 e. The molecule has 4 rings (SSSR count). The van der Waals surface area contributed by atoms with E-state index in [2.05, 4.69) is 0 Å². The van der Waals surface area contributed by atoms with Crippen molar-refractivity contribution in [2.75, 3.05) is 28.4 Å². The number of hydrogen-bond donors (Lipinski definition) is 0. The summed E-state index contributed by atoms with van der Waals surface area (Å²) in [6.45, 7) is 0.268. The van der Waals surface area contributed by atoms with E-state index in [4.69, 9.17) is 24.0 Å². The molecule has 0 radical (unpaired) electrons. The van der Waals surface area contributed by atoms with Crippen molar-refractivity contribution in [3.05, 3.63) is 78.1 Å². The van der Waals surface area contributed by atoms with Crippen molar-refractivity contribution in [2.45, 2.75) is 6.54 Å². The zero-order valence-corrected chi connectivity index (χ0v) is 19.0. The average molecular weight is 448 g/mol. The molecule has 0 aliphatic heterocycles. The van der Waals surface area contributed by atoms with Crippen molar-refractivity contribution in [2.24, 2.45) is 0 Å². The third-order valence-electron chi connectivity index (χ3n) is 5.42. The van der Waals surface area contributed by atoms with Crippen LogP contribution in [0.25, 0.3) is 22.5 Å². The van der Waals surface area contributed by atoms with Crippen molar-refractivity contribution in [3.8, 4) is 45.5 Å². The van der Waals surface area contributed by atoms with Gasteiger partial charge in [-0.1, -0.05) is 18.2 Å². The first-order valence-corrected chi connectivity index (χ1v) is 10.3. The predicted octanol–water partition coefficient (Wildman–Crippen LogP) is 5.44. The molecular weight excluding hydrogens is 423 g/mol. The average Bonchev–Trinajstić information content (AvgIpc) is 3.28. The first-order valence-electron chi connectivity index (χ1n) is 10.3. The number of hydrogen-bond acceptors (Lipinski definition) is 5. The van der Waals surface area contributed by atoms with Crippen molar-refractivity contribution in [1.82, 2.24) is 9.78 Å². The molecule has 0 amide bonds. The summed E-state index contributed by atoms with van der Waals surface area (Å²) in [7, 11) is 6.37. The Hall–Kier alpha value is -4.00. The number of methoxy groups -OCH3 is 4. The summed E-state index contributed by atoms with van der Waals surface area (Å²) in [6, 6.07) is 19.9. The van der Waals surface area contributed by atoms with E-state index in [0.717, 1.165) is 22.5 Å². The first-order chi connectivity index (χ1) is 16.1. The molecule has 3 aromatic carbocycles. The second-order valence-electron chi connectivity index (χ2n) is 7.30. The summed E-state index contributed by atoms with van der Waals surface area (Å²) in [5, 5.41) is 4.80. The molecule has 0 fully saturated rings. The molecule has 1 heterocycles. The number of halogens is 1. The van der Waals surface area contributed by atoms with Crippen LogP contribution < -0.4 is 18.9 Å². The highest BCUT2D eigenvalue weighted by molar-refractivity contribution is 5.72. The van der Waals surface area contributed by atoms with Gasteiger partial charge in [0.15, 0.2) is 23.0 Å². The zero-order valence-electron chi connectivity index (χ0n) is 19.0. The molecule has 0 saturated carbocycles. The molecule has 0 atom stereocenters. The van der Waals surface area contributed by atoms with Crippen LogP contribution in [0.5, 0.6) is 23.0 Å². The van der Waals surface area contributed by atoms with Gasteiger partial charge in [0.1, 0.15) is 5.82 Å². The minimum atomic E-state index is -0.279. The molecule has 7 heteroatoms. The summed E-state index contributed by atoms with van der Waals surface area (Å²) < 4.78 is 37.9. The standard InChI is InChI=1S/C26H25FN2O4/c1-30-23-11-9-17(13-25(23)32-3)21-15-22(18-10-12-24(31-2)26(14-18)33-4)29(28-21)16-19-7-5-6-8-20(19)27/h5-15H,16H2,1-4H3. The summed E-state index contributed by atoms with van der Waals surface area (Å²) in [5.41, 5.74) is 3.78.